The maximum Gasteiger partial charge on any atom is 0.140 e. The van der Waals surface area contributed by atoms with Gasteiger partial charge in [-0.1, -0.05) is 12.1 Å². The molecule has 6 heteroatoms. The van der Waals surface area contributed by atoms with E-state index in [1.807, 2.05) is 19.4 Å². The lowest BCUT2D eigenvalue weighted by atomic mass is 10.1. The van der Waals surface area contributed by atoms with Gasteiger partial charge in [0.15, 0.2) is 0 Å². The minimum absolute atomic E-state index is 0.219. The van der Waals surface area contributed by atoms with Crippen molar-refractivity contribution in [2.24, 2.45) is 17.9 Å². The van der Waals surface area contributed by atoms with Crippen molar-refractivity contribution in [3.05, 3.63) is 18.0 Å². The Bertz CT molecular complexity index is 347. The summed E-state index contributed by atoms with van der Waals surface area (Å²) in [4.78, 5) is 0. The first-order chi connectivity index (χ1) is 7.65. The Labute approximate surface area is 95.1 Å². The van der Waals surface area contributed by atoms with E-state index in [0.717, 1.165) is 18.5 Å². The van der Waals surface area contributed by atoms with Gasteiger partial charge in [-0.2, -0.15) is 5.10 Å². The molecule has 0 saturated heterocycles. The molecule has 16 heavy (non-hydrogen) atoms. The molecule has 0 spiro atoms. The molecule has 0 bridgehead atoms. The predicted octanol–water partition coefficient (Wildman–Crippen LogP) is 0.425. The zero-order chi connectivity index (χ0) is 12.0. The number of hydrogen-bond acceptors (Lipinski definition) is 4. The Morgan fingerprint density at radius 3 is 3.00 bits per heavy atom. The van der Waals surface area contributed by atoms with Crippen molar-refractivity contribution in [3.8, 4) is 0 Å². The van der Waals surface area contributed by atoms with Crippen LogP contribution in [0.25, 0.3) is 0 Å². The summed E-state index contributed by atoms with van der Waals surface area (Å²) in [5.41, 5.74) is 6.59. The molecule has 0 aliphatic heterocycles. The number of amidine groups is 1. The van der Waals surface area contributed by atoms with Crippen LogP contribution < -0.4 is 11.1 Å². The van der Waals surface area contributed by atoms with E-state index in [9.17, 15) is 0 Å². The third kappa shape index (κ3) is 3.90. The molecule has 0 saturated carbocycles. The van der Waals surface area contributed by atoms with E-state index < -0.39 is 0 Å². The number of nitrogens with one attached hydrogen (secondary N) is 1. The highest BCUT2D eigenvalue weighted by molar-refractivity contribution is 5.80. The molecule has 0 aliphatic rings. The quantitative estimate of drug-likeness (QED) is 0.283. The van der Waals surface area contributed by atoms with Crippen LogP contribution in [0.2, 0.25) is 0 Å². The number of rotatable bonds is 6. The van der Waals surface area contributed by atoms with Crippen LogP contribution in [-0.4, -0.2) is 26.9 Å². The van der Waals surface area contributed by atoms with Crippen LogP contribution >= 0.6 is 0 Å². The molecule has 0 aromatic carbocycles. The van der Waals surface area contributed by atoms with Gasteiger partial charge in [0, 0.05) is 37.8 Å². The van der Waals surface area contributed by atoms with Crippen LogP contribution in [0, 0.1) is 0 Å². The number of nitrogens with zero attached hydrogens (tertiary/aromatic N) is 3. The number of nitrogens with two attached hydrogens (primary N) is 1. The van der Waals surface area contributed by atoms with Crippen LogP contribution in [-0.2, 0) is 13.6 Å². The van der Waals surface area contributed by atoms with Gasteiger partial charge in [0.05, 0.1) is 6.20 Å². The lowest BCUT2D eigenvalue weighted by Gasteiger charge is -2.15. The van der Waals surface area contributed by atoms with Gasteiger partial charge >= 0.3 is 0 Å². The molecule has 1 aromatic heterocycles. The molecule has 90 valence electrons. The van der Waals surface area contributed by atoms with Crippen LogP contribution in [0.5, 0.6) is 0 Å². The molecular formula is C10H19N5O. The predicted molar refractivity (Wildman–Crippen MR) is 62.2 cm³/mol. The summed E-state index contributed by atoms with van der Waals surface area (Å²) in [6.45, 7) is 2.80. The van der Waals surface area contributed by atoms with E-state index >= 15 is 0 Å². The normalized spacial score (nSPS) is 14.0. The Kier molecular flexibility index (Phi) is 4.78. The highest BCUT2D eigenvalue weighted by Gasteiger charge is 2.08. The van der Waals surface area contributed by atoms with Crippen LogP contribution in [0.15, 0.2) is 17.5 Å². The molecule has 0 amide bonds. The van der Waals surface area contributed by atoms with E-state index in [1.165, 1.54) is 0 Å². The molecule has 1 atom stereocenters. The van der Waals surface area contributed by atoms with Gasteiger partial charge in [-0.05, 0) is 6.42 Å². The summed E-state index contributed by atoms with van der Waals surface area (Å²) in [6.07, 6.45) is 5.26. The van der Waals surface area contributed by atoms with E-state index in [1.54, 1.807) is 4.68 Å². The molecule has 1 rings (SSSR count). The minimum atomic E-state index is 0.219. The number of aromatic nitrogens is 2. The molecule has 0 fully saturated rings. The van der Waals surface area contributed by atoms with Crippen LogP contribution in [0.1, 0.15) is 25.3 Å². The van der Waals surface area contributed by atoms with Crippen molar-refractivity contribution in [2.75, 3.05) is 0 Å². The number of aryl methyl sites for hydroxylation is 1. The fraction of sp³-hybridized carbons (Fsp3) is 0.600. The average molecular weight is 225 g/mol. The SMILES string of the molecule is CCC(CC(N)=NO)NCc1cnn(C)c1. The van der Waals surface area contributed by atoms with Crippen molar-refractivity contribution < 1.29 is 5.21 Å². The highest BCUT2D eigenvalue weighted by atomic mass is 16.4. The standard InChI is InChI=1S/C10H19N5O/c1-3-9(4-10(11)14-16)12-5-8-6-13-15(2)7-8/h6-7,9,12,16H,3-5H2,1-2H3,(H2,11,14). The summed E-state index contributed by atoms with van der Waals surface area (Å²) in [5.74, 6) is 0.255. The van der Waals surface area contributed by atoms with E-state index in [0.29, 0.717) is 6.42 Å². The van der Waals surface area contributed by atoms with Crippen molar-refractivity contribution >= 4 is 5.84 Å². The maximum absolute atomic E-state index is 8.49. The lowest BCUT2D eigenvalue weighted by Crippen LogP contribution is -2.32. The average Bonchev–Trinajstić information content (AvgIpc) is 2.69. The summed E-state index contributed by atoms with van der Waals surface area (Å²) in [7, 11) is 1.89. The zero-order valence-corrected chi connectivity index (χ0v) is 9.72. The number of oxime groups is 1. The van der Waals surface area contributed by atoms with Gasteiger partial charge in [0.2, 0.25) is 0 Å². The molecular weight excluding hydrogens is 206 g/mol. The van der Waals surface area contributed by atoms with Crippen LogP contribution in [0.4, 0.5) is 0 Å². The summed E-state index contributed by atoms with van der Waals surface area (Å²) in [6, 6.07) is 0.219. The topological polar surface area (TPSA) is 88.5 Å². The van der Waals surface area contributed by atoms with Crippen LogP contribution in [0.3, 0.4) is 0 Å². The third-order valence-corrected chi connectivity index (χ3v) is 2.43. The summed E-state index contributed by atoms with van der Waals surface area (Å²) in [5, 5.41) is 18.9. The largest absolute Gasteiger partial charge is 0.409 e. The van der Waals surface area contributed by atoms with Gasteiger partial charge in [-0.3, -0.25) is 4.68 Å². The van der Waals surface area contributed by atoms with Gasteiger partial charge in [0.25, 0.3) is 0 Å². The molecule has 0 radical (unpaired) electrons. The Balaban J connectivity index is 2.39. The number of hydrogen-bond donors (Lipinski definition) is 3. The molecule has 0 aliphatic carbocycles. The van der Waals surface area contributed by atoms with Crippen molar-refractivity contribution in [3.63, 3.8) is 0 Å². The molecule has 6 nitrogen and oxygen atoms in total. The second-order valence-corrected chi connectivity index (χ2v) is 3.80. The van der Waals surface area contributed by atoms with E-state index in [4.69, 9.17) is 10.9 Å². The smallest absolute Gasteiger partial charge is 0.140 e. The Morgan fingerprint density at radius 2 is 2.50 bits per heavy atom. The second-order valence-electron chi connectivity index (χ2n) is 3.80. The molecule has 1 heterocycles. The summed E-state index contributed by atoms with van der Waals surface area (Å²) < 4.78 is 1.77. The van der Waals surface area contributed by atoms with Gasteiger partial charge in [0.1, 0.15) is 5.84 Å². The Morgan fingerprint density at radius 1 is 1.75 bits per heavy atom. The molecule has 1 unspecified atom stereocenters. The zero-order valence-electron chi connectivity index (χ0n) is 9.72. The third-order valence-electron chi connectivity index (χ3n) is 2.43. The van der Waals surface area contributed by atoms with E-state index in [2.05, 4.69) is 22.5 Å². The van der Waals surface area contributed by atoms with Gasteiger partial charge < -0.3 is 16.3 Å². The van der Waals surface area contributed by atoms with Gasteiger partial charge in [-0.25, -0.2) is 0 Å². The monoisotopic (exact) mass is 225 g/mol. The first kappa shape index (κ1) is 12.5. The summed E-state index contributed by atoms with van der Waals surface area (Å²) >= 11 is 0. The highest BCUT2D eigenvalue weighted by Crippen LogP contribution is 2.01. The first-order valence-corrected chi connectivity index (χ1v) is 5.33. The molecule has 4 N–H and O–H groups in total. The fourth-order valence-electron chi connectivity index (χ4n) is 1.48. The second kappa shape index (κ2) is 6.12. The van der Waals surface area contributed by atoms with Crippen molar-refractivity contribution in [2.45, 2.75) is 32.4 Å². The van der Waals surface area contributed by atoms with Crippen molar-refractivity contribution in [1.82, 2.24) is 15.1 Å². The van der Waals surface area contributed by atoms with E-state index in [-0.39, 0.29) is 11.9 Å². The van der Waals surface area contributed by atoms with Gasteiger partial charge in [-0.15, -0.1) is 0 Å². The minimum Gasteiger partial charge on any atom is -0.409 e. The molecule has 1 aromatic rings. The Hall–Kier alpha value is -1.56. The lowest BCUT2D eigenvalue weighted by molar-refractivity contribution is 0.315. The first-order valence-electron chi connectivity index (χ1n) is 5.33. The maximum atomic E-state index is 8.49. The van der Waals surface area contributed by atoms with Crippen molar-refractivity contribution in [1.29, 1.82) is 0 Å². The fourth-order valence-corrected chi connectivity index (χ4v) is 1.48.